The summed E-state index contributed by atoms with van der Waals surface area (Å²) in [4.78, 5) is 14.0. The second kappa shape index (κ2) is 8.03. The molecular weight excluding hydrogens is 298 g/mol. The molecule has 0 saturated carbocycles. The summed E-state index contributed by atoms with van der Waals surface area (Å²) >= 11 is 0. The Bertz CT molecular complexity index is 550. The summed E-state index contributed by atoms with van der Waals surface area (Å²) in [6, 6.07) is 3.74. The molecule has 1 saturated heterocycles. The van der Waals surface area contributed by atoms with Crippen molar-refractivity contribution < 1.29 is 19.0 Å². The average Bonchev–Trinajstić information content (AvgIpc) is 2.60. The number of amides is 1. The number of hydrogen-bond donors (Lipinski definition) is 2. The van der Waals surface area contributed by atoms with Crippen molar-refractivity contribution in [3.63, 3.8) is 0 Å². The Hall–Kier alpha value is -1.99. The van der Waals surface area contributed by atoms with Crippen molar-refractivity contribution >= 4 is 5.91 Å². The van der Waals surface area contributed by atoms with Crippen molar-refractivity contribution in [1.29, 1.82) is 0 Å². The normalized spacial score (nSPS) is 18.3. The molecule has 0 unspecified atom stereocenters. The van der Waals surface area contributed by atoms with Crippen LogP contribution in [0.4, 0.5) is 0 Å². The van der Waals surface area contributed by atoms with Gasteiger partial charge in [0.15, 0.2) is 11.5 Å². The summed E-state index contributed by atoms with van der Waals surface area (Å²) in [6.45, 7) is 2.30. The van der Waals surface area contributed by atoms with Crippen molar-refractivity contribution in [2.75, 3.05) is 34.4 Å². The highest BCUT2D eigenvalue weighted by atomic mass is 16.5. The van der Waals surface area contributed by atoms with Gasteiger partial charge in [-0.3, -0.25) is 15.1 Å². The topological polar surface area (TPSA) is 86.0 Å². The van der Waals surface area contributed by atoms with E-state index in [0.29, 0.717) is 24.6 Å². The quantitative estimate of drug-likeness (QED) is 0.460. The first kappa shape index (κ1) is 17.4. The molecule has 2 rings (SSSR count). The Morgan fingerprint density at radius 2 is 1.87 bits per heavy atom. The maximum absolute atomic E-state index is 11.7. The summed E-state index contributed by atoms with van der Waals surface area (Å²) in [5, 5.41) is 0. The zero-order valence-electron chi connectivity index (χ0n) is 13.9. The van der Waals surface area contributed by atoms with Crippen molar-refractivity contribution in [1.82, 2.24) is 10.3 Å². The smallest absolute Gasteiger partial charge is 0.238 e. The maximum atomic E-state index is 11.7. The van der Waals surface area contributed by atoms with E-state index in [4.69, 9.17) is 20.1 Å². The lowest BCUT2D eigenvalue weighted by atomic mass is 9.97. The molecule has 0 spiro atoms. The number of carbonyl (C=O) groups is 1. The second-order valence-electron chi connectivity index (χ2n) is 5.60. The van der Waals surface area contributed by atoms with Gasteiger partial charge < -0.3 is 14.2 Å². The first-order chi connectivity index (χ1) is 11.1. The number of rotatable bonds is 6. The number of piperidine rings is 1. The molecule has 1 aliphatic rings. The zero-order chi connectivity index (χ0) is 16.8. The monoisotopic (exact) mass is 323 g/mol. The lowest BCUT2D eigenvalue weighted by Crippen LogP contribution is -2.44. The Kier molecular flexibility index (Phi) is 6.06. The van der Waals surface area contributed by atoms with Gasteiger partial charge >= 0.3 is 0 Å². The first-order valence-corrected chi connectivity index (χ1v) is 7.64. The fourth-order valence-electron chi connectivity index (χ4n) is 2.99. The van der Waals surface area contributed by atoms with E-state index in [2.05, 4.69) is 10.3 Å². The predicted octanol–water partition coefficient (Wildman–Crippen LogP) is 0.914. The highest BCUT2D eigenvalue weighted by Crippen LogP contribution is 2.35. The Labute approximate surface area is 136 Å². The van der Waals surface area contributed by atoms with Crippen molar-refractivity contribution in [2.45, 2.75) is 19.4 Å². The number of nitrogens with one attached hydrogen (secondary N) is 1. The lowest BCUT2D eigenvalue weighted by molar-refractivity contribution is -0.126. The Morgan fingerprint density at radius 3 is 2.48 bits per heavy atom. The van der Waals surface area contributed by atoms with Crippen LogP contribution in [0.2, 0.25) is 0 Å². The fraction of sp³-hybridized carbons (Fsp3) is 0.562. The number of nitrogens with zero attached hydrogens (tertiary/aromatic N) is 1. The fourth-order valence-corrected chi connectivity index (χ4v) is 2.99. The van der Waals surface area contributed by atoms with Gasteiger partial charge in [0.2, 0.25) is 5.91 Å². The SMILES string of the molecule is COc1cc(OC)c(OC)cc1CN1CCC[C@@H](C(=O)NN)C1. The van der Waals surface area contributed by atoms with E-state index in [9.17, 15) is 4.79 Å². The third-order valence-electron chi connectivity index (χ3n) is 4.20. The van der Waals surface area contributed by atoms with E-state index in [1.54, 1.807) is 21.3 Å². The number of hydrogen-bond acceptors (Lipinski definition) is 6. The first-order valence-electron chi connectivity index (χ1n) is 7.64. The number of benzene rings is 1. The molecule has 3 N–H and O–H groups in total. The number of ether oxygens (including phenoxy) is 3. The van der Waals surface area contributed by atoms with Crippen LogP contribution < -0.4 is 25.5 Å². The maximum Gasteiger partial charge on any atom is 0.238 e. The number of likely N-dealkylation sites (tertiary alicyclic amines) is 1. The van der Waals surface area contributed by atoms with Crippen molar-refractivity contribution in [3.05, 3.63) is 17.7 Å². The van der Waals surface area contributed by atoms with E-state index in [0.717, 1.165) is 30.7 Å². The van der Waals surface area contributed by atoms with Crippen LogP contribution in [0.3, 0.4) is 0 Å². The molecule has 1 aromatic rings. The highest BCUT2D eigenvalue weighted by Gasteiger charge is 2.26. The summed E-state index contributed by atoms with van der Waals surface area (Å²) in [5.41, 5.74) is 3.25. The van der Waals surface area contributed by atoms with Gasteiger partial charge in [0, 0.05) is 24.7 Å². The minimum absolute atomic E-state index is 0.0695. The van der Waals surface area contributed by atoms with Crippen LogP contribution in [-0.4, -0.2) is 45.2 Å². The van der Waals surface area contributed by atoms with Gasteiger partial charge in [0.1, 0.15) is 5.75 Å². The van der Waals surface area contributed by atoms with E-state index < -0.39 is 0 Å². The second-order valence-corrected chi connectivity index (χ2v) is 5.60. The molecule has 0 radical (unpaired) electrons. The van der Waals surface area contributed by atoms with Crippen LogP contribution in [0.15, 0.2) is 12.1 Å². The van der Waals surface area contributed by atoms with E-state index >= 15 is 0 Å². The predicted molar refractivity (Wildman–Crippen MR) is 86.4 cm³/mol. The van der Waals surface area contributed by atoms with E-state index in [1.165, 1.54) is 0 Å². The molecule has 1 aliphatic heterocycles. The van der Waals surface area contributed by atoms with Gasteiger partial charge in [-0.15, -0.1) is 0 Å². The molecule has 1 fully saturated rings. The summed E-state index contributed by atoms with van der Waals surface area (Å²) in [6.07, 6.45) is 1.83. The third-order valence-corrected chi connectivity index (χ3v) is 4.20. The van der Waals surface area contributed by atoms with Crippen LogP contribution >= 0.6 is 0 Å². The standard InChI is InChI=1S/C16H25N3O4/c1-21-13-8-15(23-3)14(22-2)7-12(13)10-19-6-4-5-11(9-19)16(20)18-17/h7-8,11H,4-6,9-10,17H2,1-3H3,(H,18,20)/t11-/m1/s1. The summed E-state index contributed by atoms with van der Waals surface area (Å²) < 4.78 is 16.1. The highest BCUT2D eigenvalue weighted by molar-refractivity contribution is 5.78. The molecule has 23 heavy (non-hydrogen) atoms. The number of carbonyl (C=O) groups excluding carboxylic acids is 1. The average molecular weight is 323 g/mol. The largest absolute Gasteiger partial charge is 0.496 e. The number of hydrazine groups is 1. The number of methoxy groups -OCH3 is 3. The molecule has 0 bridgehead atoms. The van der Waals surface area contributed by atoms with E-state index in [-0.39, 0.29) is 11.8 Å². The van der Waals surface area contributed by atoms with Crippen molar-refractivity contribution in [2.24, 2.45) is 11.8 Å². The molecule has 7 nitrogen and oxygen atoms in total. The van der Waals surface area contributed by atoms with Crippen LogP contribution in [-0.2, 0) is 11.3 Å². The molecule has 0 aliphatic carbocycles. The molecule has 0 aromatic heterocycles. The Morgan fingerprint density at radius 1 is 1.22 bits per heavy atom. The Balaban J connectivity index is 2.16. The zero-order valence-corrected chi connectivity index (χ0v) is 13.9. The van der Waals surface area contributed by atoms with Gasteiger partial charge in [-0.05, 0) is 25.5 Å². The lowest BCUT2D eigenvalue weighted by Gasteiger charge is -2.32. The third kappa shape index (κ3) is 4.05. The van der Waals surface area contributed by atoms with Gasteiger partial charge in [0.25, 0.3) is 0 Å². The minimum atomic E-state index is -0.103. The van der Waals surface area contributed by atoms with Crippen LogP contribution in [0.5, 0.6) is 17.2 Å². The summed E-state index contributed by atoms with van der Waals surface area (Å²) in [5.74, 6) is 7.11. The van der Waals surface area contributed by atoms with Crippen LogP contribution in [0.1, 0.15) is 18.4 Å². The minimum Gasteiger partial charge on any atom is -0.496 e. The molecule has 1 aromatic carbocycles. The molecule has 128 valence electrons. The van der Waals surface area contributed by atoms with E-state index in [1.807, 2.05) is 12.1 Å². The summed E-state index contributed by atoms with van der Waals surface area (Å²) in [7, 11) is 4.83. The molecular formula is C16H25N3O4. The molecule has 1 atom stereocenters. The van der Waals surface area contributed by atoms with Gasteiger partial charge in [-0.1, -0.05) is 0 Å². The van der Waals surface area contributed by atoms with Crippen LogP contribution in [0.25, 0.3) is 0 Å². The molecule has 1 heterocycles. The van der Waals surface area contributed by atoms with Gasteiger partial charge in [-0.2, -0.15) is 0 Å². The van der Waals surface area contributed by atoms with Gasteiger partial charge in [0.05, 0.1) is 27.2 Å². The van der Waals surface area contributed by atoms with Crippen molar-refractivity contribution in [3.8, 4) is 17.2 Å². The van der Waals surface area contributed by atoms with Gasteiger partial charge in [-0.25, -0.2) is 5.84 Å². The molecule has 7 heteroatoms. The number of nitrogens with two attached hydrogens (primary N) is 1. The van der Waals surface area contributed by atoms with Crippen LogP contribution in [0, 0.1) is 5.92 Å². The molecule has 1 amide bonds.